The van der Waals surface area contributed by atoms with Gasteiger partial charge in [0.05, 0.1) is 5.52 Å². The first-order chi connectivity index (χ1) is 13.5. The first-order valence-electron chi connectivity index (χ1n) is 10.9. The zero-order valence-corrected chi connectivity index (χ0v) is 17.9. The molecular formula is C24H31ClN2O. The second-order valence-electron chi connectivity index (χ2n) is 8.83. The average Bonchev–Trinajstić information content (AvgIpc) is 3.21. The molecule has 1 aromatic carbocycles. The Labute approximate surface area is 173 Å². The van der Waals surface area contributed by atoms with Crippen LogP contribution in [-0.2, 0) is 11.3 Å². The molecule has 2 aromatic rings. The van der Waals surface area contributed by atoms with Gasteiger partial charge >= 0.3 is 0 Å². The van der Waals surface area contributed by atoms with Gasteiger partial charge in [-0.25, -0.2) is 4.98 Å². The maximum absolute atomic E-state index is 13.4. The number of amides is 1. The van der Waals surface area contributed by atoms with Crippen molar-refractivity contribution < 1.29 is 4.79 Å². The number of aromatic nitrogens is 1. The van der Waals surface area contributed by atoms with Gasteiger partial charge in [-0.05, 0) is 57.2 Å². The highest BCUT2D eigenvalue weighted by Gasteiger charge is 2.32. The normalized spacial score (nSPS) is 18.7. The Morgan fingerprint density at radius 1 is 1.04 bits per heavy atom. The van der Waals surface area contributed by atoms with Crippen molar-refractivity contribution in [3.8, 4) is 0 Å². The minimum absolute atomic E-state index is 0.200. The third-order valence-corrected chi connectivity index (χ3v) is 6.95. The van der Waals surface area contributed by atoms with Gasteiger partial charge in [-0.3, -0.25) is 4.79 Å². The summed E-state index contributed by atoms with van der Waals surface area (Å²) >= 11 is 6.61. The van der Waals surface area contributed by atoms with Gasteiger partial charge in [-0.1, -0.05) is 55.3 Å². The molecule has 2 aliphatic rings. The number of carbonyl (C=O) groups is 1. The minimum Gasteiger partial charge on any atom is -0.335 e. The predicted molar refractivity (Wildman–Crippen MR) is 116 cm³/mol. The van der Waals surface area contributed by atoms with Gasteiger partial charge in [-0.2, -0.15) is 0 Å². The first-order valence-corrected chi connectivity index (χ1v) is 11.3. The van der Waals surface area contributed by atoms with E-state index >= 15 is 0 Å². The molecular weight excluding hydrogens is 368 g/mol. The molecule has 1 amide bonds. The Morgan fingerprint density at radius 3 is 2.43 bits per heavy atom. The summed E-state index contributed by atoms with van der Waals surface area (Å²) in [6.07, 6.45) is 10.4. The van der Waals surface area contributed by atoms with Crippen LogP contribution in [0.1, 0.15) is 74.5 Å². The van der Waals surface area contributed by atoms with Crippen molar-refractivity contribution >= 4 is 28.4 Å². The number of halogens is 1. The third-order valence-electron chi connectivity index (χ3n) is 6.62. The smallest absolute Gasteiger partial charge is 0.226 e. The van der Waals surface area contributed by atoms with Gasteiger partial charge in [0.2, 0.25) is 5.91 Å². The molecule has 28 heavy (non-hydrogen) atoms. The lowest BCUT2D eigenvalue weighted by Gasteiger charge is -2.34. The van der Waals surface area contributed by atoms with Gasteiger partial charge in [0.25, 0.3) is 0 Å². The molecule has 1 heterocycles. The van der Waals surface area contributed by atoms with Crippen LogP contribution in [0.15, 0.2) is 18.2 Å². The number of rotatable bonds is 4. The largest absolute Gasteiger partial charge is 0.335 e. The molecule has 0 spiro atoms. The average molecular weight is 399 g/mol. The van der Waals surface area contributed by atoms with Crippen LogP contribution in [-0.4, -0.2) is 21.8 Å². The molecule has 1 aromatic heterocycles. The van der Waals surface area contributed by atoms with Crippen molar-refractivity contribution in [1.82, 2.24) is 9.88 Å². The lowest BCUT2D eigenvalue weighted by atomic mass is 9.87. The van der Waals surface area contributed by atoms with E-state index in [9.17, 15) is 4.79 Å². The van der Waals surface area contributed by atoms with Crippen molar-refractivity contribution in [2.45, 2.75) is 84.2 Å². The molecule has 150 valence electrons. The Bertz CT molecular complexity index is 867. The van der Waals surface area contributed by atoms with Gasteiger partial charge < -0.3 is 4.90 Å². The minimum atomic E-state index is 0.200. The third kappa shape index (κ3) is 4.05. The number of hydrogen-bond donors (Lipinski definition) is 0. The lowest BCUT2D eigenvalue weighted by molar-refractivity contribution is -0.139. The van der Waals surface area contributed by atoms with Crippen molar-refractivity contribution in [2.24, 2.45) is 5.92 Å². The Morgan fingerprint density at radius 2 is 1.71 bits per heavy atom. The fraction of sp³-hybridized carbons (Fsp3) is 0.583. The van der Waals surface area contributed by atoms with Crippen LogP contribution < -0.4 is 0 Å². The Kier molecular flexibility index (Phi) is 5.91. The molecule has 0 aliphatic heterocycles. The summed E-state index contributed by atoms with van der Waals surface area (Å²) in [5.74, 6) is 0.550. The van der Waals surface area contributed by atoms with Gasteiger partial charge in [0, 0.05) is 29.5 Å². The van der Waals surface area contributed by atoms with E-state index < -0.39 is 0 Å². The van der Waals surface area contributed by atoms with Crippen LogP contribution in [0.4, 0.5) is 0 Å². The van der Waals surface area contributed by atoms with E-state index in [1.807, 2.05) is 0 Å². The van der Waals surface area contributed by atoms with Crippen LogP contribution in [0.3, 0.4) is 0 Å². The van der Waals surface area contributed by atoms with Crippen molar-refractivity contribution in [1.29, 1.82) is 0 Å². The van der Waals surface area contributed by atoms with Crippen molar-refractivity contribution in [2.75, 3.05) is 0 Å². The molecule has 0 N–H and O–H groups in total. The molecule has 0 bridgehead atoms. The maximum atomic E-state index is 13.4. The predicted octanol–water partition coefficient (Wildman–Crippen LogP) is 6.36. The maximum Gasteiger partial charge on any atom is 0.226 e. The van der Waals surface area contributed by atoms with Crippen molar-refractivity contribution in [3.05, 3.63) is 40.0 Å². The number of benzene rings is 1. The lowest BCUT2D eigenvalue weighted by Crippen LogP contribution is -2.42. The Hall–Kier alpha value is -1.61. The second kappa shape index (κ2) is 8.41. The van der Waals surface area contributed by atoms with Gasteiger partial charge in [0.15, 0.2) is 0 Å². The molecule has 4 rings (SSSR count). The summed E-state index contributed by atoms with van der Waals surface area (Å²) in [6, 6.07) is 6.82. The highest BCUT2D eigenvalue weighted by molar-refractivity contribution is 6.30. The monoisotopic (exact) mass is 398 g/mol. The molecule has 0 radical (unpaired) electrons. The number of carbonyl (C=O) groups excluding carboxylic acids is 1. The van der Waals surface area contributed by atoms with Crippen LogP contribution in [0.2, 0.25) is 5.15 Å². The number of hydrogen-bond acceptors (Lipinski definition) is 2. The Balaban J connectivity index is 1.65. The first kappa shape index (κ1) is 19.7. The van der Waals surface area contributed by atoms with E-state index in [0.717, 1.165) is 47.7 Å². The summed E-state index contributed by atoms with van der Waals surface area (Å²) < 4.78 is 0. The molecule has 0 saturated heterocycles. The highest BCUT2D eigenvalue weighted by Crippen LogP contribution is 2.33. The molecule has 0 atom stereocenters. The molecule has 0 unspecified atom stereocenters. The number of aryl methyl sites for hydroxylation is 2. The number of fused-ring (bicyclic) bond motifs is 1. The molecule has 2 saturated carbocycles. The number of nitrogens with zero attached hydrogens (tertiary/aromatic N) is 2. The van der Waals surface area contributed by atoms with Crippen LogP contribution in [0.5, 0.6) is 0 Å². The van der Waals surface area contributed by atoms with Crippen LogP contribution in [0.25, 0.3) is 10.9 Å². The summed E-state index contributed by atoms with van der Waals surface area (Å²) in [7, 11) is 0. The molecule has 2 aliphatic carbocycles. The topological polar surface area (TPSA) is 33.2 Å². The van der Waals surface area contributed by atoms with Crippen LogP contribution >= 0.6 is 11.6 Å². The van der Waals surface area contributed by atoms with Crippen molar-refractivity contribution in [3.63, 3.8) is 0 Å². The van der Waals surface area contributed by atoms with Gasteiger partial charge in [0.1, 0.15) is 5.15 Å². The van der Waals surface area contributed by atoms with Gasteiger partial charge in [-0.15, -0.1) is 0 Å². The van der Waals surface area contributed by atoms with E-state index in [-0.39, 0.29) is 5.92 Å². The summed E-state index contributed by atoms with van der Waals surface area (Å²) in [4.78, 5) is 20.3. The molecule has 2 fully saturated rings. The summed E-state index contributed by atoms with van der Waals surface area (Å²) in [6.45, 7) is 4.78. The van der Waals surface area contributed by atoms with E-state index in [1.165, 1.54) is 37.7 Å². The summed E-state index contributed by atoms with van der Waals surface area (Å²) in [5, 5.41) is 1.66. The fourth-order valence-electron chi connectivity index (χ4n) is 5.15. The SMILES string of the molecule is Cc1cc(C)c2nc(Cl)c(CN(C(=O)C3CCCCC3)C3CCCC3)cc2c1. The summed E-state index contributed by atoms with van der Waals surface area (Å²) in [5.41, 5.74) is 4.32. The standard InChI is InChI=1S/C24H31ClN2O/c1-16-12-17(2)22-19(13-16)14-20(23(25)26-22)15-27(21-10-6-7-11-21)24(28)18-8-4-3-5-9-18/h12-14,18,21H,3-11,15H2,1-2H3. The van der Waals surface area contributed by atoms with E-state index in [0.29, 0.717) is 23.6 Å². The zero-order chi connectivity index (χ0) is 19.7. The molecule has 4 heteroatoms. The quantitative estimate of drug-likeness (QED) is 0.561. The van der Waals surface area contributed by atoms with E-state index in [2.05, 4.69) is 36.9 Å². The zero-order valence-electron chi connectivity index (χ0n) is 17.1. The highest BCUT2D eigenvalue weighted by atomic mass is 35.5. The second-order valence-corrected chi connectivity index (χ2v) is 9.19. The fourth-order valence-corrected chi connectivity index (χ4v) is 5.35. The van der Waals surface area contributed by atoms with Crippen LogP contribution in [0, 0.1) is 19.8 Å². The molecule has 3 nitrogen and oxygen atoms in total. The number of pyridine rings is 1. The van der Waals surface area contributed by atoms with E-state index in [1.54, 1.807) is 0 Å². The van der Waals surface area contributed by atoms with E-state index in [4.69, 9.17) is 16.6 Å².